The number of carbonyl (C=O) groups is 2. The number of halogens is 3. The fourth-order valence-electron chi connectivity index (χ4n) is 2.82. The molecule has 0 bridgehead atoms. The highest BCUT2D eigenvalue weighted by Crippen LogP contribution is 2.27. The molecule has 2 aromatic carbocycles. The highest BCUT2D eigenvalue weighted by molar-refractivity contribution is 6.36. The second-order valence-corrected chi connectivity index (χ2v) is 7.31. The van der Waals surface area contributed by atoms with Crippen LogP contribution < -0.4 is 5.32 Å². The van der Waals surface area contributed by atoms with Crippen LogP contribution in [0, 0.1) is 0 Å². The van der Waals surface area contributed by atoms with Crippen molar-refractivity contribution in [2.45, 2.75) is 32.4 Å². The van der Waals surface area contributed by atoms with E-state index >= 15 is 0 Å². The summed E-state index contributed by atoms with van der Waals surface area (Å²) < 4.78 is 0. The molecule has 1 atom stereocenters. The number of hydrogen-bond acceptors (Lipinski definition) is 2. The van der Waals surface area contributed by atoms with Crippen molar-refractivity contribution in [3.05, 3.63) is 68.7 Å². The summed E-state index contributed by atoms with van der Waals surface area (Å²) in [6.07, 6.45) is 0.612. The van der Waals surface area contributed by atoms with E-state index in [0.29, 0.717) is 27.1 Å². The van der Waals surface area contributed by atoms with Gasteiger partial charge < -0.3 is 10.2 Å². The van der Waals surface area contributed by atoms with Crippen LogP contribution in [0.3, 0.4) is 0 Å². The number of likely N-dealkylation sites (N-methyl/N-ethyl adjacent to an activating group) is 1. The quantitative estimate of drug-likeness (QED) is 0.693. The van der Waals surface area contributed by atoms with Gasteiger partial charge in [0.25, 0.3) is 0 Å². The molecule has 2 amide bonds. The van der Waals surface area contributed by atoms with Gasteiger partial charge in [0.2, 0.25) is 11.8 Å². The first-order valence-electron chi connectivity index (χ1n) is 8.55. The zero-order valence-electron chi connectivity index (χ0n) is 15.1. The molecule has 2 aromatic rings. The van der Waals surface area contributed by atoms with Gasteiger partial charge in [-0.25, -0.2) is 0 Å². The number of nitrogens with one attached hydrogen (secondary N) is 1. The molecule has 7 heteroatoms. The van der Waals surface area contributed by atoms with Crippen molar-refractivity contribution in [2.75, 3.05) is 7.05 Å². The first-order chi connectivity index (χ1) is 12.9. The minimum atomic E-state index is -0.623. The Morgan fingerprint density at radius 1 is 1.04 bits per heavy atom. The van der Waals surface area contributed by atoms with Crippen molar-refractivity contribution in [1.82, 2.24) is 10.2 Å². The summed E-state index contributed by atoms with van der Waals surface area (Å²) >= 11 is 18.5. The minimum Gasteiger partial charge on any atom is -0.357 e. The van der Waals surface area contributed by atoms with Crippen LogP contribution in [0.4, 0.5) is 0 Å². The second-order valence-electron chi connectivity index (χ2n) is 6.06. The fourth-order valence-corrected chi connectivity index (χ4v) is 3.46. The Kier molecular flexibility index (Phi) is 7.96. The molecular weight excluding hydrogens is 407 g/mol. The van der Waals surface area contributed by atoms with Gasteiger partial charge in [0.1, 0.15) is 6.04 Å². The van der Waals surface area contributed by atoms with Gasteiger partial charge in [-0.05, 0) is 36.2 Å². The Morgan fingerprint density at radius 3 is 2.15 bits per heavy atom. The van der Waals surface area contributed by atoms with E-state index in [9.17, 15) is 9.59 Å². The summed E-state index contributed by atoms with van der Waals surface area (Å²) in [7, 11) is 1.55. The van der Waals surface area contributed by atoms with Crippen molar-refractivity contribution in [2.24, 2.45) is 0 Å². The molecule has 0 fully saturated rings. The SMILES string of the molecule is CC[C@@H](C(=O)NC)N(Cc1c(Cl)cccc1Cl)C(=O)Cc1ccc(Cl)cc1. The summed E-state index contributed by atoms with van der Waals surface area (Å²) in [5.41, 5.74) is 1.43. The molecule has 0 radical (unpaired) electrons. The normalized spacial score (nSPS) is 11.7. The molecule has 0 saturated heterocycles. The fraction of sp³-hybridized carbons (Fsp3) is 0.300. The lowest BCUT2D eigenvalue weighted by molar-refractivity contribution is -0.140. The van der Waals surface area contributed by atoms with Crippen LogP contribution in [0.25, 0.3) is 0 Å². The summed E-state index contributed by atoms with van der Waals surface area (Å²) in [6, 6.07) is 11.6. The summed E-state index contributed by atoms with van der Waals surface area (Å²) in [5, 5.41) is 4.14. The molecule has 0 aromatic heterocycles. The van der Waals surface area contributed by atoms with Crippen molar-refractivity contribution < 1.29 is 9.59 Å². The first-order valence-corrected chi connectivity index (χ1v) is 9.69. The van der Waals surface area contributed by atoms with Gasteiger partial charge in [-0.3, -0.25) is 9.59 Å². The molecule has 0 spiro atoms. The third-order valence-corrected chi connectivity index (χ3v) is 5.25. The van der Waals surface area contributed by atoms with Crippen molar-refractivity contribution >= 4 is 46.6 Å². The van der Waals surface area contributed by atoms with Crippen LogP contribution in [0.15, 0.2) is 42.5 Å². The van der Waals surface area contributed by atoms with E-state index in [2.05, 4.69) is 5.32 Å². The third kappa shape index (κ3) is 5.61. The zero-order valence-corrected chi connectivity index (χ0v) is 17.4. The number of hydrogen-bond donors (Lipinski definition) is 1. The van der Waals surface area contributed by atoms with Crippen LogP contribution in [0.5, 0.6) is 0 Å². The van der Waals surface area contributed by atoms with Crippen LogP contribution in [0.2, 0.25) is 15.1 Å². The van der Waals surface area contributed by atoms with E-state index in [1.54, 1.807) is 49.5 Å². The third-order valence-electron chi connectivity index (χ3n) is 4.29. The number of rotatable bonds is 7. The highest BCUT2D eigenvalue weighted by atomic mass is 35.5. The molecule has 4 nitrogen and oxygen atoms in total. The zero-order chi connectivity index (χ0) is 20.0. The minimum absolute atomic E-state index is 0.146. The van der Waals surface area contributed by atoms with Crippen molar-refractivity contribution in [1.29, 1.82) is 0 Å². The highest BCUT2D eigenvalue weighted by Gasteiger charge is 2.29. The van der Waals surface area contributed by atoms with E-state index in [1.165, 1.54) is 4.90 Å². The predicted molar refractivity (Wildman–Crippen MR) is 110 cm³/mol. The average Bonchev–Trinajstić information content (AvgIpc) is 2.65. The van der Waals surface area contributed by atoms with E-state index in [-0.39, 0.29) is 24.8 Å². The Hall–Kier alpha value is -1.75. The van der Waals surface area contributed by atoms with Crippen LogP contribution in [-0.4, -0.2) is 29.8 Å². The van der Waals surface area contributed by atoms with Gasteiger partial charge in [0.05, 0.1) is 6.42 Å². The molecular formula is C20H21Cl3N2O2. The largest absolute Gasteiger partial charge is 0.357 e. The average molecular weight is 428 g/mol. The number of benzene rings is 2. The Labute approximate surface area is 174 Å². The number of carbonyl (C=O) groups excluding carboxylic acids is 2. The van der Waals surface area contributed by atoms with Gasteiger partial charge in [0.15, 0.2) is 0 Å². The summed E-state index contributed by atoms with van der Waals surface area (Å²) in [4.78, 5) is 27.0. The lowest BCUT2D eigenvalue weighted by Crippen LogP contribution is -2.48. The maximum Gasteiger partial charge on any atom is 0.242 e. The molecule has 0 aliphatic rings. The van der Waals surface area contributed by atoms with Gasteiger partial charge >= 0.3 is 0 Å². The van der Waals surface area contributed by atoms with Gasteiger partial charge in [-0.2, -0.15) is 0 Å². The molecule has 144 valence electrons. The lowest BCUT2D eigenvalue weighted by Gasteiger charge is -2.31. The standard InChI is InChI=1S/C20H21Cl3N2O2/c1-3-18(20(27)24-2)25(12-15-16(22)5-4-6-17(15)23)19(26)11-13-7-9-14(21)10-8-13/h4-10,18H,3,11-12H2,1-2H3,(H,24,27)/t18-/m0/s1. The molecule has 0 unspecified atom stereocenters. The van der Waals surface area contributed by atoms with Gasteiger partial charge in [0, 0.05) is 34.2 Å². The molecule has 0 heterocycles. The predicted octanol–water partition coefficient (Wildman–Crippen LogP) is 4.74. The van der Waals surface area contributed by atoms with Gasteiger partial charge in [-0.15, -0.1) is 0 Å². The van der Waals surface area contributed by atoms with Crippen molar-refractivity contribution in [3.8, 4) is 0 Å². The maximum absolute atomic E-state index is 13.1. The maximum atomic E-state index is 13.1. The Morgan fingerprint density at radius 2 is 1.63 bits per heavy atom. The Balaban J connectivity index is 2.34. The number of amides is 2. The Bertz CT molecular complexity index is 789. The van der Waals surface area contributed by atoms with Crippen LogP contribution in [0.1, 0.15) is 24.5 Å². The van der Waals surface area contributed by atoms with E-state index in [0.717, 1.165) is 5.56 Å². The smallest absolute Gasteiger partial charge is 0.242 e. The molecule has 2 rings (SSSR count). The lowest BCUT2D eigenvalue weighted by atomic mass is 10.1. The van der Waals surface area contributed by atoms with E-state index in [4.69, 9.17) is 34.8 Å². The topological polar surface area (TPSA) is 49.4 Å². The molecule has 1 N–H and O–H groups in total. The number of nitrogens with zero attached hydrogens (tertiary/aromatic N) is 1. The monoisotopic (exact) mass is 426 g/mol. The van der Waals surface area contributed by atoms with Crippen LogP contribution in [-0.2, 0) is 22.6 Å². The summed E-state index contributed by atoms with van der Waals surface area (Å²) in [5.74, 6) is -0.422. The van der Waals surface area contributed by atoms with E-state index < -0.39 is 6.04 Å². The van der Waals surface area contributed by atoms with Gasteiger partial charge in [-0.1, -0.05) is 59.9 Å². The summed E-state index contributed by atoms with van der Waals surface area (Å²) in [6.45, 7) is 2.01. The van der Waals surface area contributed by atoms with Crippen molar-refractivity contribution in [3.63, 3.8) is 0 Å². The molecule has 27 heavy (non-hydrogen) atoms. The molecule has 0 aliphatic heterocycles. The molecule has 0 saturated carbocycles. The second kappa shape index (κ2) is 9.98. The first kappa shape index (κ1) is 21.5. The van der Waals surface area contributed by atoms with Crippen LogP contribution >= 0.6 is 34.8 Å². The van der Waals surface area contributed by atoms with E-state index in [1.807, 2.05) is 6.92 Å². The molecule has 0 aliphatic carbocycles.